The van der Waals surface area contributed by atoms with Crippen molar-refractivity contribution in [2.45, 2.75) is 57.5 Å². The fourth-order valence-corrected chi connectivity index (χ4v) is 5.13. The van der Waals surface area contributed by atoms with Gasteiger partial charge in [0.25, 0.3) is 0 Å². The molecule has 5 heteroatoms. The number of nitrogens with one attached hydrogen (secondary N) is 1. The minimum atomic E-state index is -0.308. The predicted octanol–water partition coefficient (Wildman–Crippen LogP) is 3.22. The zero-order valence-electron chi connectivity index (χ0n) is 14.9. The molecule has 3 rings (SSSR count). The van der Waals surface area contributed by atoms with E-state index in [-0.39, 0.29) is 23.9 Å². The van der Waals surface area contributed by atoms with Gasteiger partial charge in [0.15, 0.2) is 0 Å². The van der Waals surface area contributed by atoms with Crippen LogP contribution in [0.25, 0.3) is 0 Å². The van der Waals surface area contributed by atoms with Gasteiger partial charge in [0.05, 0.1) is 5.88 Å². The first-order chi connectivity index (χ1) is 12.2. The number of thioether (sulfide) groups is 1. The maximum atomic E-state index is 12.9. The van der Waals surface area contributed by atoms with Gasteiger partial charge in [0.1, 0.15) is 6.04 Å². The second kappa shape index (κ2) is 8.75. The van der Waals surface area contributed by atoms with Crippen LogP contribution in [-0.4, -0.2) is 40.4 Å². The molecule has 2 amide bonds. The number of rotatable bonds is 6. The van der Waals surface area contributed by atoms with Gasteiger partial charge >= 0.3 is 0 Å². The van der Waals surface area contributed by atoms with Crippen LogP contribution in [0.1, 0.15) is 44.6 Å². The van der Waals surface area contributed by atoms with Gasteiger partial charge in [-0.1, -0.05) is 50.1 Å². The lowest BCUT2D eigenvalue weighted by Gasteiger charge is -2.29. The summed E-state index contributed by atoms with van der Waals surface area (Å²) in [6.45, 7) is 1.86. The van der Waals surface area contributed by atoms with E-state index in [2.05, 4.69) is 29.6 Å². The van der Waals surface area contributed by atoms with E-state index in [0.29, 0.717) is 24.0 Å². The minimum Gasteiger partial charge on any atom is -0.351 e. The van der Waals surface area contributed by atoms with E-state index in [4.69, 9.17) is 0 Å². The molecule has 2 fully saturated rings. The van der Waals surface area contributed by atoms with Gasteiger partial charge in [-0.05, 0) is 30.7 Å². The second-order valence-electron chi connectivity index (χ2n) is 7.08. The molecule has 2 aliphatic rings. The third-order valence-corrected chi connectivity index (χ3v) is 6.41. The highest BCUT2D eigenvalue weighted by Gasteiger charge is 2.36. The number of hydrogen-bond donors (Lipinski definition) is 1. The summed E-state index contributed by atoms with van der Waals surface area (Å²) in [6, 6.07) is 10.3. The van der Waals surface area contributed by atoms with Crippen LogP contribution in [0.3, 0.4) is 0 Å². The van der Waals surface area contributed by atoms with E-state index in [9.17, 15) is 9.59 Å². The van der Waals surface area contributed by atoms with Crippen molar-refractivity contribution in [2.75, 3.05) is 11.6 Å². The van der Waals surface area contributed by atoms with Gasteiger partial charge in [0.2, 0.25) is 11.8 Å². The van der Waals surface area contributed by atoms with Crippen molar-refractivity contribution in [3.8, 4) is 0 Å². The Labute approximate surface area is 154 Å². The van der Waals surface area contributed by atoms with Crippen molar-refractivity contribution in [2.24, 2.45) is 5.92 Å². The first-order valence-corrected chi connectivity index (χ1v) is 10.6. The molecule has 1 aliphatic heterocycles. The molecule has 1 aliphatic carbocycles. The summed E-state index contributed by atoms with van der Waals surface area (Å²) in [5.41, 5.74) is 1.27. The Morgan fingerprint density at radius 3 is 2.64 bits per heavy atom. The Balaban J connectivity index is 1.68. The Bertz CT molecular complexity index is 587. The van der Waals surface area contributed by atoms with Crippen LogP contribution in [0.2, 0.25) is 0 Å². The molecule has 4 nitrogen and oxygen atoms in total. The van der Waals surface area contributed by atoms with E-state index in [1.54, 1.807) is 16.7 Å². The fourth-order valence-electron chi connectivity index (χ4n) is 3.95. The zero-order chi connectivity index (χ0) is 17.6. The first-order valence-electron chi connectivity index (χ1n) is 9.40. The molecule has 0 radical (unpaired) electrons. The van der Waals surface area contributed by atoms with Crippen molar-refractivity contribution in [1.29, 1.82) is 0 Å². The summed E-state index contributed by atoms with van der Waals surface area (Å²) in [6.07, 6.45) is 6.22. The number of carbonyl (C=O) groups excluding carboxylic acids is 2. The highest BCUT2D eigenvalue weighted by Crippen LogP contribution is 2.30. The van der Waals surface area contributed by atoms with Crippen LogP contribution in [0.4, 0.5) is 0 Å². The maximum absolute atomic E-state index is 12.9. The van der Waals surface area contributed by atoms with Gasteiger partial charge in [-0.3, -0.25) is 9.59 Å². The predicted molar refractivity (Wildman–Crippen MR) is 102 cm³/mol. The summed E-state index contributed by atoms with van der Waals surface area (Å²) in [4.78, 5) is 26.8. The largest absolute Gasteiger partial charge is 0.351 e. The van der Waals surface area contributed by atoms with E-state index in [1.165, 1.54) is 31.2 Å². The van der Waals surface area contributed by atoms with E-state index in [1.807, 2.05) is 13.0 Å². The smallest absolute Gasteiger partial charge is 0.243 e. The molecule has 1 heterocycles. The molecule has 136 valence electrons. The third kappa shape index (κ3) is 4.57. The van der Waals surface area contributed by atoms with Crippen molar-refractivity contribution < 1.29 is 9.59 Å². The minimum absolute atomic E-state index is 0.0274. The summed E-state index contributed by atoms with van der Waals surface area (Å²) in [7, 11) is 0. The van der Waals surface area contributed by atoms with E-state index >= 15 is 0 Å². The lowest BCUT2D eigenvalue weighted by atomic mass is 9.92. The fraction of sp³-hybridized carbons (Fsp3) is 0.600. The molecule has 1 aromatic carbocycles. The molecule has 0 spiro atoms. The van der Waals surface area contributed by atoms with E-state index in [0.717, 1.165) is 6.42 Å². The third-order valence-electron chi connectivity index (χ3n) is 5.40. The maximum Gasteiger partial charge on any atom is 0.243 e. The molecule has 1 saturated carbocycles. The lowest BCUT2D eigenvalue weighted by molar-refractivity contribution is -0.138. The Kier molecular flexibility index (Phi) is 6.40. The Hall–Kier alpha value is -1.49. The second-order valence-corrected chi connectivity index (χ2v) is 8.08. The molecule has 1 N–H and O–H groups in total. The van der Waals surface area contributed by atoms with Crippen molar-refractivity contribution in [3.63, 3.8) is 0 Å². The normalized spacial score (nSPS) is 22.1. The van der Waals surface area contributed by atoms with Crippen molar-refractivity contribution in [3.05, 3.63) is 35.9 Å². The van der Waals surface area contributed by atoms with Gasteiger partial charge < -0.3 is 10.2 Å². The molecule has 2 unspecified atom stereocenters. The van der Waals surface area contributed by atoms with Gasteiger partial charge in [0, 0.05) is 18.2 Å². The van der Waals surface area contributed by atoms with Crippen LogP contribution in [-0.2, 0) is 16.0 Å². The molecule has 1 saturated heterocycles. The van der Waals surface area contributed by atoms with Crippen LogP contribution >= 0.6 is 11.8 Å². The van der Waals surface area contributed by atoms with Crippen LogP contribution in [0.5, 0.6) is 0 Å². The molecular formula is C20H28N2O2S. The molecule has 0 aromatic heterocycles. The van der Waals surface area contributed by atoms with Crippen LogP contribution < -0.4 is 5.32 Å². The number of nitrogens with zero attached hydrogens (tertiary/aromatic N) is 1. The number of benzene rings is 1. The van der Waals surface area contributed by atoms with Gasteiger partial charge in [-0.25, -0.2) is 0 Å². The highest BCUT2D eigenvalue weighted by atomic mass is 32.2. The Morgan fingerprint density at radius 1 is 1.24 bits per heavy atom. The molecule has 25 heavy (non-hydrogen) atoms. The zero-order valence-corrected chi connectivity index (χ0v) is 15.8. The summed E-state index contributed by atoms with van der Waals surface area (Å²) < 4.78 is 0. The quantitative estimate of drug-likeness (QED) is 0.847. The first kappa shape index (κ1) is 18.3. The highest BCUT2D eigenvalue weighted by molar-refractivity contribution is 7.99. The molecule has 1 aromatic rings. The summed E-state index contributed by atoms with van der Waals surface area (Å²) in [5.74, 6) is 2.00. The van der Waals surface area contributed by atoms with Crippen LogP contribution in [0, 0.1) is 5.92 Å². The number of amides is 2. The van der Waals surface area contributed by atoms with Gasteiger partial charge in [-0.15, -0.1) is 11.8 Å². The summed E-state index contributed by atoms with van der Waals surface area (Å²) in [5, 5.41) is 3.31. The van der Waals surface area contributed by atoms with Crippen LogP contribution in [0.15, 0.2) is 30.3 Å². The average Bonchev–Trinajstić information content (AvgIpc) is 3.33. The van der Waals surface area contributed by atoms with E-state index < -0.39 is 0 Å². The monoisotopic (exact) mass is 360 g/mol. The number of carbonyl (C=O) groups is 2. The standard InChI is InChI=1S/C20H28N2O2S/c1-2-19(23)22-14-25-13-18(22)20(24)21-17(16-10-6-7-11-16)12-15-8-4-3-5-9-15/h3-5,8-9,16-18H,2,6-7,10-14H2,1H3,(H,21,24). The lowest BCUT2D eigenvalue weighted by Crippen LogP contribution is -2.51. The average molecular weight is 361 g/mol. The SMILES string of the molecule is CCC(=O)N1CSCC1C(=O)NC(Cc1ccccc1)C1CCCC1. The summed E-state index contributed by atoms with van der Waals surface area (Å²) >= 11 is 1.67. The van der Waals surface area contributed by atoms with Gasteiger partial charge in [-0.2, -0.15) is 0 Å². The Morgan fingerprint density at radius 2 is 1.96 bits per heavy atom. The van der Waals surface area contributed by atoms with Crippen molar-refractivity contribution >= 4 is 23.6 Å². The topological polar surface area (TPSA) is 49.4 Å². The number of hydrogen-bond acceptors (Lipinski definition) is 3. The molecule has 2 atom stereocenters. The molecule has 0 bridgehead atoms. The molecular weight excluding hydrogens is 332 g/mol. The van der Waals surface area contributed by atoms with Crippen molar-refractivity contribution in [1.82, 2.24) is 10.2 Å².